The van der Waals surface area contributed by atoms with E-state index in [0.29, 0.717) is 17.9 Å². The van der Waals surface area contributed by atoms with Crippen molar-refractivity contribution in [3.8, 4) is 0 Å². The first-order valence-corrected chi connectivity index (χ1v) is 7.49. The SMILES string of the molecule is Cc1cc(NC(=O)c2cc(C(=O)NCc3cccnc3)ccn2)no1. The number of amides is 2. The van der Waals surface area contributed by atoms with Gasteiger partial charge in [-0.1, -0.05) is 11.2 Å². The average Bonchev–Trinajstić information content (AvgIpc) is 3.05. The van der Waals surface area contributed by atoms with Crippen molar-refractivity contribution in [3.05, 3.63) is 71.5 Å². The van der Waals surface area contributed by atoms with Gasteiger partial charge < -0.3 is 15.2 Å². The molecule has 8 nitrogen and oxygen atoms in total. The number of nitrogens with one attached hydrogen (secondary N) is 2. The molecule has 0 unspecified atom stereocenters. The van der Waals surface area contributed by atoms with Crippen molar-refractivity contribution in [2.24, 2.45) is 0 Å². The number of nitrogens with zero attached hydrogens (tertiary/aromatic N) is 3. The minimum absolute atomic E-state index is 0.106. The molecule has 0 aliphatic rings. The number of aryl methyl sites for hydroxylation is 1. The van der Waals surface area contributed by atoms with Gasteiger partial charge in [0, 0.05) is 36.8 Å². The highest BCUT2D eigenvalue weighted by Gasteiger charge is 2.13. The molecule has 25 heavy (non-hydrogen) atoms. The summed E-state index contributed by atoms with van der Waals surface area (Å²) in [6.45, 7) is 2.06. The van der Waals surface area contributed by atoms with Crippen LogP contribution in [-0.4, -0.2) is 26.9 Å². The topological polar surface area (TPSA) is 110 Å². The minimum Gasteiger partial charge on any atom is -0.360 e. The first-order valence-electron chi connectivity index (χ1n) is 7.49. The van der Waals surface area contributed by atoms with Crippen LogP contribution >= 0.6 is 0 Å². The minimum atomic E-state index is -0.477. The van der Waals surface area contributed by atoms with Gasteiger partial charge in [-0.25, -0.2) is 0 Å². The third-order valence-corrected chi connectivity index (χ3v) is 3.30. The second kappa shape index (κ2) is 7.35. The maximum Gasteiger partial charge on any atom is 0.275 e. The third-order valence-electron chi connectivity index (χ3n) is 3.30. The van der Waals surface area contributed by atoms with Crippen molar-refractivity contribution in [1.29, 1.82) is 0 Å². The van der Waals surface area contributed by atoms with Crippen molar-refractivity contribution in [1.82, 2.24) is 20.4 Å². The molecule has 2 N–H and O–H groups in total. The van der Waals surface area contributed by atoms with E-state index in [-0.39, 0.29) is 17.4 Å². The van der Waals surface area contributed by atoms with Crippen LogP contribution < -0.4 is 10.6 Å². The lowest BCUT2D eigenvalue weighted by atomic mass is 10.2. The van der Waals surface area contributed by atoms with E-state index in [0.717, 1.165) is 5.56 Å². The lowest BCUT2D eigenvalue weighted by molar-refractivity contribution is 0.0950. The summed E-state index contributed by atoms with van der Waals surface area (Å²) in [5, 5.41) is 9.01. The first-order chi connectivity index (χ1) is 12.1. The van der Waals surface area contributed by atoms with E-state index in [9.17, 15) is 9.59 Å². The molecule has 0 fully saturated rings. The van der Waals surface area contributed by atoms with Gasteiger partial charge >= 0.3 is 0 Å². The van der Waals surface area contributed by atoms with Crippen LogP contribution in [-0.2, 0) is 6.54 Å². The Labute approximate surface area is 143 Å². The molecule has 126 valence electrons. The summed E-state index contributed by atoms with van der Waals surface area (Å²) in [6.07, 6.45) is 4.74. The van der Waals surface area contributed by atoms with Crippen LogP contribution in [0, 0.1) is 6.92 Å². The maximum absolute atomic E-state index is 12.2. The Balaban J connectivity index is 1.66. The number of carbonyl (C=O) groups excluding carboxylic acids is 2. The van der Waals surface area contributed by atoms with Gasteiger partial charge in [0.15, 0.2) is 5.82 Å². The average molecular weight is 337 g/mol. The Hall–Kier alpha value is -3.55. The number of pyridine rings is 2. The van der Waals surface area contributed by atoms with Crippen LogP contribution in [0.1, 0.15) is 32.2 Å². The standard InChI is InChI=1S/C17H15N5O3/c1-11-7-15(22-25-11)21-17(24)14-8-13(4-6-19-14)16(23)20-10-12-3-2-5-18-9-12/h2-9H,10H2,1H3,(H,20,23)(H,21,22,24). The van der Waals surface area contributed by atoms with E-state index in [1.165, 1.54) is 18.3 Å². The van der Waals surface area contributed by atoms with E-state index in [1.54, 1.807) is 31.5 Å². The molecule has 0 saturated heterocycles. The summed E-state index contributed by atoms with van der Waals surface area (Å²) in [7, 11) is 0. The van der Waals surface area contributed by atoms with Crippen molar-refractivity contribution in [3.63, 3.8) is 0 Å². The van der Waals surface area contributed by atoms with Gasteiger partial charge in [0.05, 0.1) is 0 Å². The monoisotopic (exact) mass is 337 g/mol. The highest BCUT2D eigenvalue weighted by Crippen LogP contribution is 2.10. The number of hydrogen-bond acceptors (Lipinski definition) is 6. The summed E-state index contributed by atoms with van der Waals surface area (Å²) in [6, 6.07) is 8.19. The molecule has 3 aromatic rings. The smallest absolute Gasteiger partial charge is 0.275 e. The van der Waals surface area contributed by atoms with Crippen LogP contribution in [0.4, 0.5) is 5.82 Å². The molecular formula is C17H15N5O3. The zero-order valence-electron chi connectivity index (χ0n) is 13.4. The van der Waals surface area contributed by atoms with E-state index < -0.39 is 5.91 Å². The molecule has 3 heterocycles. The summed E-state index contributed by atoms with van der Waals surface area (Å²) < 4.78 is 4.88. The van der Waals surface area contributed by atoms with Gasteiger partial charge in [0.25, 0.3) is 11.8 Å². The van der Waals surface area contributed by atoms with Crippen LogP contribution in [0.3, 0.4) is 0 Å². The number of rotatable bonds is 5. The first kappa shape index (κ1) is 16.3. The van der Waals surface area contributed by atoms with Gasteiger partial charge in [-0.2, -0.15) is 0 Å². The van der Waals surface area contributed by atoms with E-state index in [1.807, 2.05) is 6.07 Å². The fraction of sp³-hybridized carbons (Fsp3) is 0.118. The molecule has 3 rings (SSSR count). The van der Waals surface area contributed by atoms with Crippen molar-refractivity contribution in [2.75, 3.05) is 5.32 Å². The summed E-state index contributed by atoms with van der Waals surface area (Å²) >= 11 is 0. The molecular weight excluding hydrogens is 322 g/mol. The van der Waals surface area contributed by atoms with Crippen LogP contribution in [0.2, 0.25) is 0 Å². The van der Waals surface area contributed by atoms with Crippen molar-refractivity contribution in [2.45, 2.75) is 13.5 Å². The normalized spacial score (nSPS) is 10.3. The van der Waals surface area contributed by atoms with Gasteiger partial charge in [-0.05, 0) is 30.7 Å². The van der Waals surface area contributed by atoms with Gasteiger partial charge in [0.2, 0.25) is 0 Å². The zero-order valence-corrected chi connectivity index (χ0v) is 13.4. The largest absolute Gasteiger partial charge is 0.360 e. The molecule has 8 heteroatoms. The molecule has 2 amide bonds. The third kappa shape index (κ3) is 4.25. The molecule has 0 atom stereocenters. The lowest BCUT2D eigenvalue weighted by Gasteiger charge is -2.06. The highest BCUT2D eigenvalue weighted by molar-refractivity contribution is 6.04. The molecule has 3 aromatic heterocycles. The van der Waals surface area contributed by atoms with E-state index >= 15 is 0 Å². The molecule has 0 radical (unpaired) electrons. The number of anilines is 1. The van der Waals surface area contributed by atoms with Crippen molar-refractivity contribution < 1.29 is 14.1 Å². The van der Waals surface area contributed by atoms with Crippen LogP contribution in [0.25, 0.3) is 0 Å². The summed E-state index contributed by atoms with van der Waals surface area (Å²) in [5.74, 6) is 0.0790. The predicted molar refractivity (Wildman–Crippen MR) is 88.8 cm³/mol. The Morgan fingerprint density at radius 1 is 1.16 bits per heavy atom. The fourth-order valence-electron chi connectivity index (χ4n) is 2.09. The number of aromatic nitrogens is 3. The number of hydrogen-bond donors (Lipinski definition) is 2. The van der Waals surface area contributed by atoms with E-state index in [2.05, 4.69) is 25.8 Å². The van der Waals surface area contributed by atoms with Crippen molar-refractivity contribution >= 4 is 17.6 Å². The van der Waals surface area contributed by atoms with Gasteiger partial charge in [-0.15, -0.1) is 0 Å². The molecule has 0 spiro atoms. The van der Waals surface area contributed by atoms with Gasteiger partial charge in [-0.3, -0.25) is 19.6 Å². The second-order valence-electron chi connectivity index (χ2n) is 5.25. The van der Waals surface area contributed by atoms with E-state index in [4.69, 9.17) is 4.52 Å². The fourth-order valence-corrected chi connectivity index (χ4v) is 2.09. The highest BCUT2D eigenvalue weighted by atomic mass is 16.5. The Bertz CT molecular complexity index is 892. The maximum atomic E-state index is 12.2. The molecule has 0 aromatic carbocycles. The molecule has 0 aliphatic heterocycles. The summed E-state index contributed by atoms with van der Waals surface area (Å²) in [4.78, 5) is 32.4. The molecule has 0 aliphatic carbocycles. The van der Waals surface area contributed by atoms with Crippen LogP contribution in [0.5, 0.6) is 0 Å². The van der Waals surface area contributed by atoms with Gasteiger partial charge in [0.1, 0.15) is 11.5 Å². The Morgan fingerprint density at radius 3 is 2.76 bits per heavy atom. The Kier molecular flexibility index (Phi) is 4.79. The summed E-state index contributed by atoms with van der Waals surface area (Å²) in [5.41, 5.74) is 1.32. The predicted octanol–water partition coefficient (Wildman–Crippen LogP) is 1.96. The molecule has 0 bridgehead atoms. The van der Waals surface area contributed by atoms with Crippen LogP contribution in [0.15, 0.2) is 53.4 Å². The molecule has 0 saturated carbocycles. The Morgan fingerprint density at radius 2 is 2.04 bits per heavy atom. The quantitative estimate of drug-likeness (QED) is 0.736. The lowest BCUT2D eigenvalue weighted by Crippen LogP contribution is -2.23. The zero-order chi connectivity index (χ0) is 17.6. The number of carbonyl (C=O) groups is 2. The second-order valence-corrected chi connectivity index (χ2v) is 5.25.